The van der Waals surface area contributed by atoms with Crippen molar-refractivity contribution < 1.29 is 0 Å². The molecule has 1 N–H and O–H groups in total. The van der Waals surface area contributed by atoms with Crippen LogP contribution in [0.2, 0.25) is 0 Å². The molecule has 1 atom stereocenters. The van der Waals surface area contributed by atoms with Gasteiger partial charge in [-0.1, -0.05) is 37.3 Å². The summed E-state index contributed by atoms with van der Waals surface area (Å²) in [5.74, 6) is 0. The molecule has 1 aromatic heterocycles. The second-order valence-corrected chi connectivity index (χ2v) is 4.94. The van der Waals surface area contributed by atoms with E-state index < -0.39 is 0 Å². The van der Waals surface area contributed by atoms with Crippen molar-refractivity contribution in [3.8, 4) is 0 Å². The second-order valence-electron chi connectivity index (χ2n) is 4.94. The van der Waals surface area contributed by atoms with E-state index in [9.17, 15) is 0 Å². The van der Waals surface area contributed by atoms with Crippen molar-refractivity contribution in [1.29, 1.82) is 0 Å². The van der Waals surface area contributed by atoms with Gasteiger partial charge < -0.3 is 5.32 Å². The third-order valence-electron chi connectivity index (χ3n) is 3.37. The maximum atomic E-state index is 4.21. The number of nitrogens with zero attached hydrogens (tertiary/aromatic N) is 2. The normalized spacial score (nSPS) is 12.5. The Bertz CT molecular complexity index is 476. The van der Waals surface area contributed by atoms with Crippen LogP contribution in [0.5, 0.6) is 0 Å². The van der Waals surface area contributed by atoms with Crippen molar-refractivity contribution >= 4 is 0 Å². The Morgan fingerprint density at radius 3 is 2.68 bits per heavy atom. The molecule has 0 spiro atoms. The molecule has 1 unspecified atom stereocenters. The summed E-state index contributed by atoms with van der Waals surface area (Å²) in [7, 11) is 1.97. The molecule has 0 fully saturated rings. The molecular weight excluding hydrogens is 234 g/mol. The van der Waals surface area contributed by atoms with Crippen LogP contribution in [-0.2, 0) is 13.5 Å². The van der Waals surface area contributed by atoms with Gasteiger partial charge in [0, 0.05) is 19.3 Å². The highest BCUT2D eigenvalue weighted by Gasteiger charge is 2.09. The fourth-order valence-electron chi connectivity index (χ4n) is 2.43. The van der Waals surface area contributed by atoms with Gasteiger partial charge in [-0.2, -0.15) is 5.10 Å². The van der Waals surface area contributed by atoms with Gasteiger partial charge in [-0.05, 0) is 36.9 Å². The first-order valence-electron chi connectivity index (χ1n) is 7.05. The van der Waals surface area contributed by atoms with Crippen LogP contribution in [0.25, 0.3) is 0 Å². The number of hydrogen-bond donors (Lipinski definition) is 1. The molecule has 0 saturated heterocycles. The predicted molar refractivity (Wildman–Crippen MR) is 79.0 cm³/mol. The molecule has 3 heteroatoms. The topological polar surface area (TPSA) is 29.9 Å². The Labute approximate surface area is 115 Å². The summed E-state index contributed by atoms with van der Waals surface area (Å²) in [6, 6.07) is 11.2. The monoisotopic (exact) mass is 257 g/mol. The predicted octanol–water partition coefficient (Wildman–Crippen LogP) is 3.09. The lowest BCUT2D eigenvalue weighted by atomic mass is 10.00. The average Bonchev–Trinajstić information content (AvgIpc) is 2.84. The Balaban J connectivity index is 1.87. The summed E-state index contributed by atoms with van der Waals surface area (Å²) in [4.78, 5) is 0. The molecule has 0 aliphatic heterocycles. The van der Waals surface area contributed by atoms with E-state index in [4.69, 9.17) is 0 Å². The van der Waals surface area contributed by atoms with E-state index in [0.717, 1.165) is 19.4 Å². The maximum absolute atomic E-state index is 4.21. The minimum absolute atomic E-state index is 0.461. The lowest BCUT2D eigenvalue weighted by molar-refractivity contribution is 0.498. The summed E-state index contributed by atoms with van der Waals surface area (Å²) in [5, 5.41) is 7.78. The lowest BCUT2D eigenvalue weighted by Gasteiger charge is -2.18. The summed E-state index contributed by atoms with van der Waals surface area (Å²) in [6.07, 6.45) is 7.50. The van der Waals surface area contributed by atoms with E-state index in [0.29, 0.717) is 6.04 Å². The molecular formula is C16H23N3. The number of aryl methyl sites for hydroxylation is 2. The zero-order chi connectivity index (χ0) is 13.5. The Morgan fingerprint density at radius 1 is 1.26 bits per heavy atom. The zero-order valence-corrected chi connectivity index (χ0v) is 11.8. The number of nitrogens with one attached hydrogen (secondary N) is 1. The van der Waals surface area contributed by atoms with Crippen LogP contribution in [-0.4, -0.2) is 16.3 Å². The highest BCUT2D eigenvalue weighted by atomic mass is 15.2. The summed E-state index contributed by atoms with van der Waals surface area (Å²) >= 11 is 0. The molecule has 2 rings (SSSR count). The van der Waals surface area contributed by atoms with Crippen LogP contribution in [0.4, 0.5) is 0 Å². The first-order chi connectivity index (χ1) is 9.29. The molecule has 0 radical (unpaired) electrons. The Morgan fingerprint density at radius 2 is 2.05 bits per heavy atom. The summed E-state index contributed by atoms with van der Waals surface area (Å²) in [6.45, 7) is 3.17. The molecule has 19 heavy (non-hydrogen) atoms. The molecule has 1 aromatic carbocycles. The van der Waals surface area contributed by atoms with Gasteiger partial charge in [-0.25, -0.2) is 0 Å². The largest absolute Gasteiger partial charge is 0.310 e. The third kappa shape index (κ3) is 4.21. The quantitative estimate of drug-likeness (QED) is 0.826. The third-order valence-corrected chi connectivity index (χ3v) is 3.37. The number of rotatable bonds is 7. The van der Waals surface area contributed by atoms with E-state index in [1.54, 1.807) is 0 Å². The van der Waals surface area contributed by atoms with Gasteiger partial charge in [-0.15, -0.1) is 0 Å². The standard InChI is InChI=1S/C16H23N3/c1-3-17-16(15-9-5-4-6-10-15)11-7-8-14-12-18-19(2)13-14/h4-6,9-10,12-13,16-17H,3,7-8,11H2,1-2H3. The van der Waals surface area contributed by atoms with E-state index >= 15 is 0 Å². The molecule has 3 nitrogen and oxygen atoms in total. The van der Waals surface area contributed by atoms with Crippen LogP contribution in [0, 0.1) is 0 Å². The van der Waals surface area contributed by atoms with E-state index in [1.807, 2.05) is 17.9 Å². The first-order valence-corrected chi connectivity index (χ1v) is 7.05. The summed E-state index contributed by atoms with van der Waals surface area (Å²) in [5.41, 5.74) is 2.71. The van der Waals surface area contributed by atoms with Crippen LogP contribution in [0.15, 0.2) is 42.7 Å². The second kappa shape index (κ2) is 7.10. The first kappa shape index (κ1) is 13.8. The van der Waals surface area contributed by atoms with Crippen molar-refractivity contribution in [2.75, 3.05) is 6.54 Å². The molecule has 2 aromatic rings. The van der Waals surface area contributed by atoms with Crippen molar-refractivity contribution in [2.45, 2.75) is 32.2 Å². The maximum Gasteiger partial charge on any atom is 0.0521 e. The van der Waals surface area contributed by atoms with Gasteiger partial charge in [0.25, 0.3) is 0 Å². The SMILES string of the molecule is CCNC(CCCc1cnn(C)c1)c1ccccc1. The summed E-state index contributed by atoms with van der Waals surface area (Å²) < 4.78 is 1.87. The zero-order valence-electron chi connectivity index (χ0n) is 11.8. The van der Waals surface area contributed by atoms with Crippen LogP contribution in [0.3, 0.4) is 0 Å². The molecule has 1 heterocycles. The van der Waals surface area contributed by atoms with Gasteiger partial charge in [-0.3, -0.25) is 4.68 Å². The van der Waals surface area contributed by atoms with Crippen molar-refractivity contribution in [2.24, 2.45) is 7.05 Å². The van der Waals surface area contributed by atoms with Gasteiger partial charge in [0.1, 0.15) is 0 Å². The van der Waals surface area contributed by atoms with Gasteiger partial charge in [0.2, 0.25) is 0 Å². The number of aromatic nitrogens is 2. The molecule has 0 aliphatic rings. The van der Waals surface area contributed by atoms with E-state index in [2.05, 4.69) is 53.9 Å². The van der Waals surface area contributed by atoms with Crippen LogP contribution >= 0.6 is 0 Å². The lowest BCUT2D eigenvalue weighted by Crippen LogP contribution is -2.20. The highest BCUT2D eigenvalue weighted by Crippen LogP contribution is 2.19. The number of benzene rings is 1. The fourth-order valence-corrected chi connectivity index (χ4v) is 2.43. The van der Waals surface area contributed by atoms with Gasteiger partial charge in [0.15, 0.2) is 0 Å². The minimum Gasteiger partial charge on any atom is -0.310 e. The van der Waals surface area contributed by atoms with Crippen molar-refractivity contribution in [3.63, 3.8) is 0 Å². The van der Waals surface area contributed by atoms with Crippen molar-refractivity contribution in [1.82, 2.24) is 15.1 Å². The smallest absolute Gasteiger partial charge is 0.0521 e. The minimum atomic E-state index is 0.461. The van der Waals surface area contributed by atoms with Gasteiger partial charge in [0.05, 0.1) is 6.20 Å². The molecule has 102 valence electrons. The van der Waals surface area contributed by atoms with Gasteiger partial charge >= 0.3 is 0 Å². The Kier molecular flexibility index (Phi) is 5.16. The molecule has 0 saturated carbocycles. The fraction of sp³-hybridized carbons (Fsp3) is 0.438. The van der Waals surface area contributed by atoms with E-state index in [1.165, 1.54) is 17.5 Å². The highest BCUT2D eigenvalue weighted by molar-refractivity contribution is 5.18. The molecule has 0 amide bonds. The average molecular weight is 257 g/mol. The Hall–Kier alpha value is -1.61. The van der Waals surface area contributed by atoms with Crippen LogP contribution in [0.1, 0.15) is 36.9 Å². The molecule has 0 aliphatic carbocycles. The molecule has 0 bridgehead atoms. The van der Waals surface area contributed by atoms with Crippen LogP contribution < -0.4 is 5.32 Å². The van der Waals surface area contributed by atoms with Crippen molar-refractivity contribution in [3.05, 3.63) is 53.9 Å². The van der Waals surface area contributed by atoms with E-state index in [-0.39, 0.29) is 0 Å². The number of hydrogen-bond acceptors (Lipinski definition) is 2.